The van der Waals surface area contributed by atoms with Gasteiger partial charge in [0, 0.05) is 12.8 Å². The van der Waals surface area contributed by atoms with E-state index in [1.54, 1.807) is 0 Å². The summed E-state index contributed by atoms with van der Waals surface area (Å²) in [5.74, 6) is 0. The lowest BCUT2D eigenvalue weighted by Gasteiger charge is -2.32. The number of nitrogens with one attached hydrogen (secondary N) is 1. The molecule has 1 N–H and O–H groups in total. The van der Waals surface area contributed by atoms with Crippen molar-refractivity contribution in [2.75, 3.05) is 20.2 Å². The molecule has 0 aliphatic carbocycles. The summed E-state index contributed by atoms with van der Waals surface area (Å²) in [6, 6.07) is 0. The molecule has 5 nitrogen and oxygen atoms in total. The molecule has 0 unspecified atom stereocenters. The van der Waals surface area contributed by atoms with Crippen molar-refractivity contribution < 1.29 is 4.74 Å². The van der Waals surface area contributed by atoms with Crippen molar-refractivity contribution in [3.63, 3.8) is 0 Å². The maximum atomic E-state index is 6.13. The van der Waals surface area contributed by atoms with Gasteiger partial charge in [0.1, 0.15) is 0 Å². The topological polar surface area (TPSA) is 52.0 Å². The number of hydrogen-bond donors (Lipinski definition) is 1. The lowest BCUT2D eigenvalue weighted by Crippen LogP contribution is -2.33. The molecule has 0 bridgehead atoms. The van der Waals surface area contributed by atoms with E-state index in [0.29, 0.717) is 12.0 Å². The summed E-state index contributed by atoms with van der Waals surface area (Å²) in [5, 5.41) is 12.1. The second-order valence-corrected chi connectivity index (χ2v) is 11.3. The van der Waals surface area contributed by atoms with Gasteiger partial charge >= 0.3 is 0 Å². The molecule has 0 aliphatic heterocycles. The summed E-state index contributed by atoms with van der Waals surface area (Å²) in [4.78, 5) is 0. The van der Waals surface area contributed by atoms with Gasteiger partial charge < -0.3 is 10.1 Å². The van der Waals surface area contributed by atoms with Crippen LogP contribution in [-0.4, -0.2) is 40.8 Å². The molecule has 0 fully saturated rings. The Kier molecular flexibility index (Phi) is 8.07. The Bertz CT molecular complexity index is 567. The van der Waals surface area contributed by atoms with E-state index < -0.39 is 0 Å². The molecule has 0 spiro atoms. The Morgan fingerprint density at radius 2 is 1.63 bits per heavy atom. The van der Waals surface area contributed by atoms with E-state index >= 15 is 0 Å². The van der Waals surface area contributed by atoms with Gasteiger partial charge in [0.15, 0.2) is 0 Å². The molecule has 0 aromatic carbocycles. The molecule has 0 radical (unpaired) electrons. The molecule has 0 amide bonds. The van der Waals surface area contributed by atoms with Crippen molar-refractivity contribution in [3.05, 3.63) is 11.9 Å². The molecule has 0 saturated carbocycles. The summed E-state index contributed by atoms with van der Waals surface area (Å²) in [6.07, 6.45) is 6.14. The zero-order valence-corrected chi connectivity index (χ0v) is 19.6. The molecular weight excluding hydrogens is 336 g/mol. The van der Waals surface area contributed by atoms with Crippen LogP contribution in [0.4, 0.5) is 0 Å². The molecule has 0 atom stereocenters. The zero-order chi connectivity index (χ0) is 20.9. The minimum absolute atomic E-state index is 0.108. The van der Waals surface area contributed by atoms with Crippen LogP contribution in [0.25, 0.3) is 0 Å². The molecule has 5 heteroatoms. The standard InChI is InChI=1S/C22H44N4O/c1-19(2,3)17-20(4,5)15-18-16-26(25-24-18)21(6,7)12-14-27-22(8,9)11-13-23-10/h16,23H,11-15,17H2,1-10H3. The average Bonchev–Trinajstić information content (AvgIpc) is 2.90. The lowest BCUT2D eigenvalue weighted by atomic mass is 9.74. The molecular formula is C22H44N4O. The van der Waals surface area contributed by atoms with Crippen LogP contribution in [0.3, 0.4) is 0 Å². The van der Waals surface area contributed by atoms with E-state index in [1.807, 2.05) is 11.7 Å². The van der Waals surface area contributed by atoms with Gasteiger partial charge in [-0.2, -0.15) is 0 Å². The van der Waals surface area contributed by atoms with E-state index in [2.05, 4.69) is 84.1 Å². The first-order chi connectivity index (χ1) is 12.2. The maximum Gasteiger partial charge on any atom is 0.0832 e. The lowest BCUT2D eigenvalue weighted by molar-refractivity contribution is -0.0333. The molecule has 1 aromatic heterocycles. The van der Waals surface area contributed by atoms with Crippen molar-refractivity contribution in [1.29, 1.82) is 0 Å². The van der Waals surface area contributed by atoms with Crippen LogP contribution < -0.4 is 5.32 Å². The van der Waals surface area contributed by atoms with E-state index in [9.17, 15) is 0 Å². The fourth-order valence-electron chi connectivity index (χ4n) is 3.85. The predicted molar refractivity (Wildman–Crippen MR) is 114 cm³/mol. The van der Waals surface area contributed by atoms with Gasteiger partial charge in [-0.15, -0.1) is 5.10 Å². The molecule has 27 heavy (non-hydrogen) atoms. The van der Waals surface area contributed by atoms with Crippen LogP contribution in [0.2, 0.25) is 0 Å². The first kappa shape index (κ1) is 24.1. The SMILES string of the molecule is CNCCC(C)(C)OCCC(C)(C)n1cc(CC(C)(C)CC(C)(C)C)nn1. The second kappa shape index (κ2) is 9.04. The molecule has 1 rings (SSSR count). The number of rotatable bonds is 11. The maximum absolute atomic E-state index is 6.13. The first-order valence-electron chi connectivity index (χ1n) is 10.4. The van der Waals surface area contributed by atoms with E-state index in [-0.39, 0.29) is 16.6 Å². The van der Waals surface area contributed by atoms with Gasteiger partial charge in [-0.1, -0.05) is 39.8 Å². The highest BCUT2D eigenvalue weighted by Gasteiger charge is 2.29. The third-order valence-electron chi connectivity index (χ3n) is 5.01. The molecule has 0 aliphatic rings. The minimum Gasteiger partial charge on any atom is -0.375 e. The first-order valence-corrected chi connectivity index (χ1v) is 10.4. The zero-order valence-electron chi connectivity index (χ0n) is 19.6. The van der Waals surface area contributed by atoms with Crippen LogP contribution in [0.5, 0.6) is 0 Å². The smallest absolute Gasteiger partial charge is 0.0832 e. The van der Waals surface area contributed by atoms with Crippen molar-refractivity contribution in [2.24, 2.45) is 10.8 Å². The highest BCUT2D eigenvalue weighted by Crippen LogP contribution is 2.35. The summed E-state index contributed by atoms with van der Waals surface area (Å²) in [7, 11) is 1.98. The Hall–Kier alpha value is -0.940. The van der Waals surface area contributed by atoms with Gasteiger partial charge in [0.2, 0.25) is 0 Å². The van der Waals surface area contributed by atoms with Crippen molar-refractivity contribution in [2.45, 2.75) is 99.1 Å². The number of aromatic nitrogens is 3. The monoisotopic (exact) mass is 380 g/mol. The summed E-state index contributed by atoms with van der Waals surface area (Å²) >= 11 is 0. The second-order valence-electron chi connectivity index (χ2n) is 11.3. The van der Waals surface area contributed by atoms with Crippen LogP contribution >= 0.6 is 0 Å². The number of ether oxygens (including phenoxy) is 1. The third-order valence-corrected chi connectivity index (χ3v) is 5.01. The fraction of sp³-hybridized carbons (Fsp3) is 0.909. The molecule has 1 heterocycles. The quantitative estimate of drug-likeness (QED) is 0.598. The number of nitrogens with zero attached hydrogens (tertiary/aromatic N) is 3. The Labute approximate surface area is 167 Å². The highest BCUT2D eigenvalue weighted by molar-refractivity contribution is 4.99. The van der Waals surface area contributed by atoms with Gasteiger partial charge in [0.25, 0.3) is 0 Å². The minimum atomic E-state index is -0.113. The van der Waals surface area contributed by atoms with Crippen LogP contribution in [0.1, 0.15) is 87.3 Å². The molecule has 1 aromatic rings. The van der Waals surface area contributed by atoms with Gasteiger partial charge in [0.05, 0.1) is 16.8 Å². The molecule has 158 valence electrons. The van der Waals surface area contributed by atoms with E-state index in [1.165, 1.54) is 0 Å². The highest BCUT2D eigenvalue weighted by atomic mass is 16.5. The average molecular weight is 381 g/mol. The fourth-order valence-corrected chi connectivity index (χ4v) is 3.85. The summed E-state index contributed by atoms with van der Waals surface area (Å²) < 4.78 is 8.14. The van der Waals surface area contributed by atoms with Crippen LogP contribution in [0, 0.1) is 10.8 Å². The van der Waals surface area contributed by atoms with Crippen molar-refractivity contribution in [3.8, 4) is 0 Å². The van der Waals surface area contributed by atoms with Crippen LogP contribution in [-0.2, 0) is 16.7 Å². The van der Waals surface area contributed by atoms with E-state index in [4.69, 9.17) is 4.74 Å². The largest absolute Gasteiger partial charge is 0.375 e. The Morgan fingerprint density at radius 1 is 1.00 bits per heavy atom. The van der Waals surface area contributed by atoms with Gasteiger partial charge in [-0.25, -0.2) is 4.68 Å². The van der Waals surface area contributed by atoms with Gasteiger partial charge in [-0.3, -0.25) is 0 Å². The normalized spacial score (nSPS) is 14.0. The predicted octanol–water partition coefficient (Wildman–Crippen LogP) is 4.81. The van der Waals surface area contributed by atoms with Crippen molar-refractivity contribution >= 4 is 0 Å². The van der Waals surface area contributed by atoms with Crippen molar-refractivity contribution in [1.82, 2.24) is 20.3 Å². The molecule has 0 saturated heterocycles. The van der Waals surface area contributed by atoms with E-state index in [0.717, 1.165) is 37.9 Å². The Morgan fingerprint density at radius 3 is 2.19 bits per heavy atom. The number of hydrogen-bond acceptors (Lipinski definition) is 4. The van der Waals surface area contributed by atoms with Gasteiger partial charge in [-0.05, 0) is 77.8 Å². The van der Waals surface area contributed by atoms with Crippen LogP contribution in [0.15, 0.2) is 6.20 Å². The Balaban J connectivity index is 2.64. The summed E-state index contributed by atoms with van der Waals surface area (Å²) in [5.41, 5.74) is 1.38. The summed E-state index contributed by atoms with van der Waals surface area (Å²) in [6.45, 7) is 21.9. The third kappa shape index (κ3) is 9.20.